The van der Waals surface area contributed by atoms with Crippen molar-refractivity contribution in [2.75, 3.05) is 20.8 Å². The van der Waals surface area contributed by atoms with Gasteiger partial charge in [0, 0.05) is 18.2 Å². The number of benzene rings is 2. The normalized spacial score (nSPS) is 13.6. The van der Waals surface area contributed by atoms with E-state index >= 15 is 0 Å². The standard InChI is InChI=1S/C22H22N2O6/c1-4-30-19(25)12-17(15-7-5-6-8-18(15)29-3)23-20(26)13-9-10-14-16(11-13)22(28)24(2)21(14)27/h5-11,17H,4,12H2,1-3H3,(H,23,26). The van der Waals surface area contributed by atoms with E-state index in [-0.39, 0.29) is 29.7 Å². The van der Waals surface area contributed by atoms with Gasteiger partial charge in [0.05, 0.1) is 37.3 Å². The first kappa shape index (κ1) is 21.0. The van der Waals surface area contributed by atoms with Crippen molar-refractivity contribution in [1.29, 1.82) is 0 Å². The molecule has 2 aromatic rings. The molecule has 0 saturated carbocycles. The highest BCUT2D eigenvalue weighted by atomic mass is 16.5. The zero-order chi connectivity index (χ0) is 21.8. The molecule has 3 rings (SSSR count). The zero-order valence-electron chi connectivity index (χ0n) is 16.9. The van der Waals surface area contributed by atoms with E-state index in [1.807, 2.05) is 0 Å². The summed E-state index contributed by atoms with van der Waals surface area (Å²) < 4.78 is 10.4. The summed E-state index contributed by atoms with van der Waals surface area (Å²) in [6.07, 6.45) is -0.0922. The minimum Gasteiger partial charge on any atom is -0.496 e. The molecule has 1 aliphatic rings. The van der Waals surface area contributed by atoms with Gasteiger partial charge in [0.15, 0.2) is 0 Å². The van der Waals surface area contributed by atoms with E-state index in [1.54, 1.807) is 31.2 Å². The highest BCUT2D eigenvalue weighted by molar-refractivity contribution is 6.21. The van der Waals surface area contributed by atoms with Crippen LogP contribution >= 0.6 is 0 Å². The molecule has 1 heterocycles. The number of carbonyl (C=O) groups excluding carboxylic acids is 4. The minimum atomic E-state index is -0.707. The fraction of sp³-hybridized carbons (Fsp3) is 0.273. The van der Waals surface area contributed by atoms with E-state index in [0.29, 0.717) is 11.3 Å². The summed E-state index contributed by atoms with van der Waals surface area (Å²) >= 11 is 0. The first-order valence-electron chi connectivity index (χ1n) is 9.43. The number of hydrogen-bond acceptors (Lipinski definition) is 6. The Morgan fingerprint density at radius 1 is 1.07 bits per heavy atom. The molecule has 8 nitrogen and oxygen atoms in total. The van der Waals surface area contributed by atoms with Gasteiger partial charge in [-0.3, -0.25) is 24.1 Å². The van der Waals surface area contributed by atoms with E-state index in [0.717, 1.165) is 4.90 Å². The van der Waals surface area contributed by atoms with Gasteiger partial charge >= 0.3 is 5.97 Å². The number of amides is 3. The Morgan fingerprint density at radius 2 is 1.77 bits per heavy atom. The predicted octanol–water partition coefficient (Wildman–Crippen LogP) is 2.35. The van der Waals surface area contributed by atoms with Gasteiger partial charge < -0.3 is 14.8 Å². The van der Waals surface area contributed by atoms with Gasteiger partial charge in [0.25, 0.3) is 17.7 Å². The maximum Gasteiger partial charge on any atom is 0.308 e. The van der Waals surface area contributed by atoms with Crippen LogP contribution in [0.4, 0.5) is 0 Å². The van der Waals surface area contributed by atoms with Crippen LogP contribution in [0, 0.1) is 0 Å². The van der Waals surface area contributed by atoms with E-state index in [1.165, 1.54) is 32.4 Å². The van der Waals surface area contributed by atoms with Crippen molar-refractivity contribution in [3.8, 4) is 5.75 Å². The quantitative estimate of drug-likeness (QED) is 0.555. The van der Waals surface area contributed by atoms with Crippen molar-refractivity contribution >= 4 is 23.7 Å². The smallest absolute Gasteiger partial charge is 0.308 e. The van der Waals surface area contributed by atoms with Crippen molar-refractivity contribution in [3.63, 3.8) is 0 Å². The number of nitrogens with one attached hydrogen (secondary N) is 1. The van der Waals surface area contributed by atoms with E-state index in [4.69, 9.17) is 9.47 Å². The molecule has 0 aliphatic carbocycles. The Bertz CT molecular complexity index is 1020. The summed E-state index contributed by atoms with van der Waals surface area (Å²) in [7, 11) is 2.89. The third kappa shape index (κ3) is 4.03. The lowest BCUT2D eigenvalue weighted by Gasteiger charge is -2.21. The minimum absolute atomic E-state index is 0.0922. The highest BCUT2D eigenvalue weighted by Crippen LogP contribution is 2.28. The van der Waals surface area contributed by atoms with Crippen LogP contribution in [0.1, 0.15) is 56.0 Å². The van der Waals surface area contributed by atoms with Crippen LogP contribution in [-0.2, 0) is 9.53 Å². The molecule has 0 fully saturated rings. The van der Waals surface area contributed by atoms with Gasteiger partial charge in [0.2, 0.25) is 0 Å². The summed E-state index contributed by atoms with van der Waals surface area (Å²) in [5.74, 6) is -1.31. The molecule has 3 amide bonds. The molecule has 1 aliphatic heterocycles. The number of esters is 1. The van der Waals surface area contributed by atoms with Gasteiger partial charge in [-0.1, -0.05) is 18.2 Å². The van der Waals surface area contributed by atoms with Crippen molar-refractivity contribution in [1.82, 2.24) is 10.2 Å². The second-order valence-corrected chi connectivity index (χ2v) is 6.71. The van der Waals surface area contributed by atoms with E-state index in [9.17, 15) is 19.2 Å². The lowest BCUT2D eigenvalue weighted by molar-refractivity contribution is -0.143. The molecule has 0 spiro atoms. The first-order chi connectivity index (χ1) is 14.4. The van der Waals surface area contributed by atoms with Crippen LogP contribution in [-0.4, -0.2) is 49.4 Å². The molecule has 0 radical (unpaired) electrons. The Morgan fingerprint density at radius 3 is 2.47 bits per heavy atom. The monoisotopic (exact) mass is 410 g/mol. The number of para-hydroxylation sites is 1. The third-order valence-corrected chi connectivity index (χ3v) is 4.85. The third-order valence-electron chi connectivity index (χ3n) is 4.85. The maximum absolute atomic E-state index is 12.9. The molecule has 0 aromatic heterocycles. The molecule has 0 bridgehead atoms. The SMILES string of the molecule is CCOC(=O)CC(NC(=O)c1ccc2c(c1)C(=O)N(C)C2=O)c1ccccc1OC. The number of rotatable bonds is 7. The first-order valence-corrected chi connectivity index (χ1v) is 9.43. The van der Waals surface area contributed by atoms with Gasteiger partial charge in [-0.25, -0.2) is 0 Å². The van der Waals surface area contributed by atoms with E-state index < -0.39 is 29.7 Å². The van der Waals surface area contributed by atoms with Crippen LogP contribution in [0.3, 0.4) is 0 Å². The largest absolute Gasteiger partial charge is 0.496 e. The number of fused-ring (bicyclic) bond motifs is 1. The molecule has 156 valence electrons. The molecular weight excluding hydrogens is 388 g/mol. The van der Waals surface area contributed by atoms with Crippen molar-refractivity contribution in [3.05, 3.63) is 64.7 Å². The van der Waals surface area contributed by atoms with Crippen molar-refractivity contribution in [2.45, 2.75) is 19.4 Å². The van der Waals surface area contributed by atoms with Crippen LogP contribution in [0.15, 0.2) is 42.5 Å². The Hall–Kier alpha value is -3.68. The second kappa shape index (κ2) is 8.77. The summed E-state index contributed by atoms with van der Waals surface area (Å²) in [5, 5.41) is 2.81. The summed E-state index contributed by atoms with van der Waals surface area (Å²) in [5.41, 5.74) is 1.25. The molecule has 30 heavy (non-hydrogen) atoms. The number of hydrogen-bond donors (Lipinski definition) is 1. The molecular formula is C22H22N2O6. The van der Waals surface area contributed by atoms with E-state index in [2.05, 4.69) is 5.32 Å². The predicted molar refractivity (Wildman–Crippen MR) is 107 cm³/mol. The summed E-state index contributed by atoms with van der Waals surface area (Å²) in [4.78, 5) is 50.3. The lowest BCUT2D eigenvalue weighted by atomic mass is 10.0. The van der Waals surface area contributed by atoms with Gasteiger partial charge in [-0.05, 0) is 31.2 Å². The van der Waals surface area contributed by atoms with Crippen LogP contribution in [0.2, 0.25) is 0 Å². The number of carbonyl (C=O) groups is 4. The molecule has 1 N–H and O–H groups in total. The second-order valence-electron chi connectivity index (χ2n) is 6.71. The van der Waals surface area contributed by atoms with Crippen molar-refractivity contribution < 1.29 is 28.7 Å². The Labute approximate surface area is 173 Å². The molecule has 2 aromatic carbocycles. The fourth-order valence-electron chi connectivity index (χ4n) is 3.32. The highest BCUT2D eigenvalue weighted by Gasteiger charge is 2.33. The average molecular weight is 410 g/mol. The molecule has 1 unspecified atom stereocenters. The number of imide groups is 1. The van der Waals surface area contributed by atoms with Crippen molar-refractivity contribution in [2.24, 2.45) is 0 Å². The maximum atomic E-state index is 12.9. The van der Waals surface area contributed by atoms with Crippen LogP contribution < -0.4 is 10.1 Å². The lowest BCUT2D eigenvalue weighted by Crippen LogP contribution is -2.31. The topological polar surface area (TPSA) is 102 Å². The van der Waals surface area contributed by atoms with Gasteiger partial charge in [-0.15, -0.1) is 0 Å². The summed E-state index contributed by atoms with van der Waals surface area (Å²) in [6.45, 7) is 1.92. The molecule has 0 saturated heterocycles. The van der Waals surface area contributed by atoms with Gasteiger partial charge in [0.1, 0.15) is 5.75 Å². The Balaban J connectivity index is 1.89. The number of nitrogens with zero attached hydrogens (tertiary/aromatic N) is 1. The van der Waals surface area contributed by atoms with Gasteiger partial charge in [-0.2, -0.15) is 0 Å². The fourth-order valence-corrected chi connectivity index (χ4v) is 3.32. The molecule has 1 atom stereocenters. The number of methoxy groups -OCH3 is 1. The Kier molecular flexibility index (Phi) is 6.15. The average Bonchev–Trinajstić information content (AvgIpc) is 2.97. The summed E-state index contributed by atoms with van der Waals surface area (Å²) in [6, 6.07) is 10.7. The molecule has 8 heteroatoms. The van der Waals surface area contributed by atoms with Crippen LogP contribution in [0.5, 0.6) is 5.75 Å². The number of ether oxygens (including phenoxy) is 2. The zero-order valence-corrected chi connectivity index (χ0v) is 16.9. The van der Waals surface area contributed by atoms with Crippen LogP contribution in [0.25, 0.3) is 0 Å².